The van der Waals surface area contributed by atoms with Gasteiger partial charge in [-0.05, 0) is 18.2 Å². The Morgan fingerprint density at radius 1 is 0.955 bits per heavy atom. The third-order valence-corrected chi connectivity index (χ3v) is 6.92. The van der Waals surface area contributed by atoms with Crippen molar-refractivity contribution in [3.63, 3.8) is 0 Å². The fourth-order valence-corrected chi connectivity index (χ4v) is 5.19. The van der Waals surface area contributed by atoms with E-state index in [2.05, 4.69) is 6.92 Å². The van der Waals surface area contributed by atoms with Crippen molar-refractivity contribution in [3.8, 4) is 0 Å². The van der Waals surface area contributed by atoms with Gasteiger partial charge in [-0.2, -0.15) is 0 Å². The minimum Gasteiger partial charge on any atom is -0.309 e. The average Bonchev–Trinajstić information content (AvgIpc) is 2.62. The maximum absolute atomic E-state index is 14.1. The van der Waals surface area contributed by atoms with E-state index in [0.29, 0.717) is 22.3 Å². The summed E-state index contributed by atoms with van der Waals surface area (Å²) in [4.78, 5) is 0. The molecule has 0 saturated heterocycles. The van der Waals surface area contributed by atoms with Crippen LogP contribution in [-0.2, 0) is 4.57 Å². The first kappa shape index (κ1) is 14.0. The van der Waals surface area contributed by atoms with Crippen LogP contribution in [0.15, 0.2) is 72.5 Å². The van der Waals surface area contributed by atoms with Gasteiger partial charge in [0.1, 0.15) is 0 Å². The highest BCUT2D eigenvalue weighted by Crippen LogP contribution is 2.52. The van der Waals surface area contributed by atoms with Crippen LogP contribution in [0.4, 0.5) is 0 Å². The van der Waals surface area contributed by atoms with Crippen molar-refractivity contribution in [1.82, 2.24) is 0 Å². The fraction of sp³-hybridized carbons (Fsp3) is 0.300. The molecule has 0 radical (unpaired) electrons. The molecular formula is C20H25OP. The maximum atomic E-state index is 14.1. The summed E-state index contributed by atoms with van der Waals surface area (Å²) in [7, 11) is -3.13. The molecule has 0 heterocycles. The molecule has 0 aliphatic heterocycles. The molecule has 0 aliphatic rings. The molecule has 0 N–H and O–H groups in total. The summed E-state index contributed by atoms with van der Waals surface area (Å²) < 4.78 is 30.0. The summed E-state index contributed by atoms with van der Waals surface area (Å²) in [5, 5.41) is 1.88. The molecule has 2 aromatic rings. The van der Waals surface area contributed by atoms with Gasteiger partial charge in [0.25, 0.3) is 0 Å². The molecule has 2 aromatic carbocycles. The Hall–Kier alpha value is -1.59. The highest BCUT2D eigenvalue weighted by molar-refractivity contribution is 7.82. The van der Waals surface area contributed by atoms with Gasteiger partial charge in [0.15, 0.2) is 7.14 Å². The summed E-state index contributed by atoms with van der Waals surface area (Å²) >= 11 is 0. The van der Waals surface area contributed by atoms with E-state index in [1.807, 2.05) is 60.7 Å². The van der Waals surface area contributed by atoms with Gasteiger partial charge in [0.2, 0.25) is 0 Å². The molecule has 0 unspecified atom stereocenters. The van der Waals surface area contributed by atoms with E-state index < -0.39 is 7.14 Å². The smallest absolute Gasteiger partial charge is 0.166 e. The molecule has 22 heavy (non-hydrogen) atoms. The maximum Gasteiger partial charge on any atom is 0.166 e. The SMILES string of the molecule is [2H]C([2H])=C(CCCCCC)P(=O)(c1ccccc1)c1ccccc1. The first-order valence-electron chi connectivity index (χ1n) is 8.99. The highest BCUT2D eigenvalue weighted by Gasteiger charge is 2.29. The lowest BCUT2D eigenvalue weighted by Gasteiger charge is -2.22. The second-order valence-corrected chi connectivity index (χ2v) is 8.33. The van der Waals surface area contributed by atoms with Crippen molar-refractivity contribution in [2.45, 2.75) is 39.0 Å². The predicted octanol–water partition coefficient (Wildman–Crippen LogP) is 5.48. The van der Waals surface area contributed by atoms with Crippen molar-refractivity contribution in [2.24, 2.45) is 0 Å². The summed E-state index contributed by atoms with van der Waals surface area (Å²) in [6.45, 7) is 1.85. The number of allylic oxidation sites excluding steroid dienone is 1. The molecule has 0 spiro atoms. The molecule has 0 saturated carbocycles. The van der Waals surface area contributed by atoms with Crippen molar-refractivity contribution >= 4 is 17.8 Å². The van der Waals surface area contributed by atoms with Gasteiger partial charge in [-0.15, -0.1) is 0 Å². The topological polar surface area (TPSA) is 17.1 Å². The van der Waals surface area contributed by atoms with Crippen molar-refractivity contribution < 1.29 is 7.31 Å². The van der Waals surface area contributed by atoms with Gasteiger partial charge >= 0.3 is 0 Å². The van der Waals surface area contributed by atoms with E-state index >= 15 is 0 Å². The minimum atomic E-state index is -3.13. The lowest BCUT2D eigenvalue weighted by atomic mass is 10.1. The number of rotatable bonds is 8. The number of hydrogen-bond donors (Lipinski definition) is 0. The second kappa shape index (κ2) is 8.15. The molecular weight excluding hydrogens is 287 g/mol. The van der Waals surface area contributed by atoms with Gasteiger partial charge < -0.3 is 4.57 Å². The Kier molecular flexibility index (Phi) is 5.20. The second-order valence-electron chi connectivity index (χ2n) is 5.54. The molecule has 116 valence electrons. The standard InChI is InChI=1S/C20H25OP/c1-3-4-5-8-13-18(2)22(21,19-14-9-6-10-15-19)20-16-11-7-12-17-20/h6-7,9-12,14-17H,2-5,8,13H2,1H3/i2D2. The Bertz CT molecular complexity index is 663. The Labute approximate surface area is 137 Å². The van der Waals surface area contributed by atoms with E-state index in [-0.39, 0.29) is 6.53 Å². The van der Waals surface area contributed by atoms with E-state index in [0.717, 1.165) is 25.7 Å². The van der Waals surface area contributed by atoms with E-state index in [4.69, 9.17) is 2.74 Å². The number of unbranched alkanes of at least 4 members (excludes halogenated alkanes) is 3. The first-order valence-corrected chi connectivity index (χ1v) is 9.69. The molecule has 0 aliphatic carbocycles. The Balaban J connectivity index is 2.49. The molecule has 0 aromatic heterocycles. The van der Waals surface area contributed by atoms with Crippen molar-refractivity contribution in [3.05, 3.63) is 72.5 Å². The van der Waals surface area contributed by atoms with E-state index in [1.54, 1.807) is 0 Å². The quantitative estimate of drug-likeness (QED) is 0.465. The van der Waals surface area contributed by atoms with Gasteiger partial charge in [-0.3, -0.25) is 0 Å². The largest absolute Gasteiger partial charge is 0.309 e. The predicted molar refractivity (Wildman–Crippen MR) is 97.7 cm³/mol. The monoisotopic (exact) mass is 314 g/mol. The number of benzene rings is 2. The van der Waals surface area contributed by atoms with Crippen LogP contribution >= 0.6 is 7.14 Å². The molecule has 0 bridgehead atoms. The highest BCUT2D eigenvalue weighted by atomic mass is 31.2. The lowest BCUT2D eigenvalue weighted by Crippen LogP contribution is -2.17. The Morgan fingerprint density at radius 3 is 1.95 bits per heavy atom. The van der Waals surface area contributed by atoms with E-state index in [1.165, 1.54) is 0 Å². The zero-order valence-electron chi connectivity index (χ0n) is 15.2. The summed E-state index contributed by atoms with van der Waals surface area (Å²) in [6, 6.07) is 18.7. The zero-order valence-corrected chi connectivity index (χ0v) is 14.1. The summed E-state index contributed by atoms with van der Waals surface area (Å²) in [6.07, 6.45) is 4.70. The molecule has 2 heteroatoms. The van der Waals surface area contributed by atoms with Gasteiger partial charge in [0, 0.05) is 10.6 Å². The molecule has 0 fully saturated rings. The third-order valence-electron chi connectivity index (χ3n) is 3.89. The van der Waals surface area contributed by atoms with Gasteiger partial charge in [0.05, 0.1) is 2.74 Å². The van der Waals surface area contributed by atoms with Crippen LogP contribution in [0.25, 0.3) is 0 Å². The van der Waals surface area contributed by atoms with Crippen LogP contribution in [-0.4, -0.2) is 0 Å². The normalized spacial score (nSPS) is 12.4. The van der Waals surface area contributed by atoms with Gasteiger partial charge in [-0.1, -0.05) is 93.4 Å². The lowest BCUT2D eigenvalue weighted by molar-refractivity contribution is 0.588. The summed E-state index contributed by atoms with van der Waals surface area (Å²) in [5.41, 5.74) is 0. The van der Waals surface area contributed by atoms with Crippen LogP contribution in [0.3, 0.4) is 0 Å². The third kappa shape index (κ3) is 3.78. The van der Waals surface area contributed by atoms with Crippen LogP contribution in [0.2, 0.25) is 0 Å². The van der Waals surface area contributed by atoms with Crippen molar-refractivity contribution in [1.29, 1.82) is 0 Å². The first-order chi connectivity index (χ1) is 11.6. The summed E-state index contributed by atoms with van der Waals surface area (Å²) in [5.74, 6) is 0. The molecule has 1 nitrogen and oxygen atoms in total. The van der Waals surface area contributed by atoms with E-state index in [9.17, 15) is 4.57 Å². The molecule has 2 rings (SSSR count). The fourth-order valence-electron chi connectivity index (χ4n) is 2.61. The molecule has 0 amide bonds. The zero-order chi connectivity index (χ0) is 17.4. The minimum absolute atomic E-state index is 0.303. The van der Waals surface area contributed by atoms with Crippen LogP contribution < -0.4 is 10.6 Å². The number of hydrogen-bond acceptors (Lipinski definition) is 1. The van der Waals surface area contributed by atoms with Crippen LogP contribution in [0, 0.1) is 0 Å². The van der Waals surface area contributed by atoms with Gasteiger partial charge in [-0.25, -0.2) is 0 Å². The van der Waals surface area contributed by atoms with Crippen LogP contribution in [0.5, 0.6) is 0 Å². The van der Waals surface area contributed by atoms with Crippen molar-refractivity contribution in [2.75, 3.05) is 0 Å². The van der Waals surface area contributed by atoms with Crippen LogP contribution in [0.1, 0.15) is 41.8 Å². The Morgan fingerprint density at radius 2 is 1.50 bits per heavy atom. The molecule has 0 atom stereocenters. The average molecular weight is 314 g/mol.